The lowest BCUT2D eigenvalue weighted by molar-refractivity contribution is 0.628. The molecular formula is C21H13FN2. The van der Waals surface area contributed by atoms with E-state index >= 15 is 0 Å². The molecule has 2 aromatic heterocycles. The zero-order valence-corrected chi connectivity index (χ0v) is 12.8. The maximum absolute atomic E-state index is 13.7. The van der Waals surface area contributed by atoms with Crippen molar-refractivity contribution < 1.29 is 4.39 Å². The Morgan fingerprint density at radius 1 is 0.708 bits per heavy atom. The summed E-state index contributed by atoms with van der Waals surface area (Å²) < 4.78 is 15.9. The molecule has 0 spiro atoms. The summed E-state index contributed by atoms with van der Waals surface area (Å²) in [7, 11) is 0. The van der Waals surface area contributed by atoms with Gasteiger partial charge in [0, 0.05) is 10.9 Å². The Hall–Kier alpha value is -3.20. The van der Waals surface area contributed by atoms with Gasteiger partial charge in [-0.3, -0.25) is 0 Å². The summed E-state index contributed by atoms with van der Waals surface area (Å²) in [5.41, 5.74) is 5.64. The lowest BCUT2D eigenvalue weighted by Crippen LogP contribution is -1.95. The molecule has 5 aromatic rings. The van der Waals surface area contributed by atoms with Gasteiger partial charge >= 0.3 is 0 Å². The summed E-state index contributed by atoms with van der Waals surface area (Å²) >= 11 is 0. The highest BCUT2D eigenvalue weighted by atomic mass is 19.1. The first-order chi connectivity index (χ1) is 11.8. The van der Waals surface area contributed by atoms with Crippen LogP contribution in [0.1, 0.15) is 0 Å². The van der Waals surface area contributed by atoms with Gasteiger partial charge in [0.1, 0.15) is 5.82 Å². The van der Waals surface area contributed by atoms with Crippen LogP contribution in [0.5, 0.6) is 0 Å². The fraction of sp³-hybridized carbons (Fsp3) is 0. The van der Waals surface area contributed by atoms with Crippen LogP contribution in [0.4, 0.5) is 4.39 Å². The van der Waals surface area contributed by atoms with Crippen molar-refractivity contribution in [2.75, 3.05) is 0 Å². The molecule has 0 N–H and O–H groups in total. The molecule has 0 saturated carbocycles. The van der Waals surface area contributed by atoms with Gasteiger partial charge in [-0.2, -0.15) is 0 Å². The molecule has 0 saturated heterocycles. The lowest BCUT2D eigenvalue weighted by atomic mass is 10.1. The number of para-hydroxylation sites is 3. The van der Waals surface area contributed by atoms with E-state index in [1.807, 2.05) is 36.4 Å². The quantitative estimate of drug-likeness (QED) is 0.402. The van der Waals surface area contributed by atoms with Crippen LogP contribution >= 0.6 is 0 Å². The van der Waals surface area contributed by atoms with E-state index in [0.29, 0.717) is 0 Å². The molecule has 114 valence electrons. The van der Waals surface area contributed by atoms with Gasteiger partial charge in [-0.05, 0) is 36.4 Å². The maximum atomic E-state index is 13.7. The zero-order valence-electron chi connectivity index (χ0n) is 12.8. The summed E-state index contributed by atoms with van der Waals surface area (Å²) in [5.74, 6) is -0.253. The van der Waals surface area contributed by atoms with Gasteiger partial charge in [-0.15, -0.1) is 0 Å². The molecule has 0 aliphatic carbocycles. The molecule has 24 heavy (non-hydrogen) atoms. The van der Waals surface area contributed by atoms with Crippen LogP contribution in [0.15, 0.2) is 78.9 Å². The average Bonchev–Trinajstić information content (AvgIpc) is 3.01. The zero-order chi connectivity index (χ0) is 16.1. The lowest BCUT2D eigenvalue weighted by Gasteiger charge is -2.09. The van der Waals surface area contributed by atoms with E-state index in [0.717, 1.165) is 38.7 Å². The summed E-state index contributed by atoms with van der Waals surface area (Å²) in [5, 5.41) is 1.15. The van der Waals surface area contributed by atoms with E-state index in [9.17, 15) is 4.39 Å². The van der Waals surface area contributed by atoms with Gasteiger partial charge in [0.05, 0.1) is 27.8 Å². The van der Waals surface area contributed by atoms with Crippen LogP contribution in [-0.2, 0) is 0 Å². The van der Waals surface area contributed by atoms with Crippen molar-refractivity contribution in [2.24, 2.45) is 0 Å². The van der Waals surface area contributed by atoms with E-state index in [4.69, 9.17) is 4.98 Å². The van der Waals surface area contributed by atoms with Crippen LogP contribution in [0, 0.1) is 5.82 Å². The molecule has 0 bridgehead atoms. The van der Waals surface area contributed by atoms with Crippen LogP contribution in [-0.4, -0.2) is 9.38 Å². The molecular weight excluding hydrogens is 299 g/mol. The molecule has 0 radical (unpaired) electrons. The average molecular weight is 312 g/mol. The standard InChI is InChI=1S/C21H13FN2/c22-16-8-5-7-15(12-16)21-20-13-14-6-1-3-10-18(14)24(20)19-11-4-2-9-17(19)23-21/h1-13H. The number of hydrogen-bond donors (Lipinski definition) is 0. The predicted octanol–water partition coefficient (Wildman–Crippen LogP) is 5.45. The van der Waals surface area contributed by atoms with Crippen LogP contribution in [0.25, 0.3) is 38.7 Å². The topological polar surface area (TPSA) is 17.3 Å². The van der Waals surface area contributed by atoms with Gasteiger partial charge < -0.3 is 4.40 Å². The molecule has 0 amide bonds. The van der Waals surface area contributed by atoms with E-state index in [1.54, 1.807) is 6.07 Å². The van der Waals surface area contributed by atoms with E-state index < -0.39 is 0 Å². The van der Waals surface area contributed by atoms with Crippen LogP contribution in [0.3, 0.4) is 0 Å². The second-order valence-electron chi connectivity index (χ2n) is 5.88. The predicted molar refractivity (Wildman–Crippen MR) is 95.6 cm³/mol. The van der Waals surface area contributed by atoms with E-state index in [1.165, 1.54) is 12.1 Å². The minimum atomic E-state index is -0.253. The SMILES string of the molecule is Fc1cccc(-c2nc3ccccc3n3c2cc2ccccc23)c1. The van der Waals surface area contributed by atoms with E-state index in [-0.39, 0.29) is 5.82 Å². The Morgan fingerprint density at radius 3 is 2.38 bits per heavy atom. The molecule has 3 heteroatoms. The number of benzene rings is 3. The third kappa shape index (κ3) is 1.85. The number of fused-ring (bicyclic) bond motifs is 5. The molecule has 0 aliphatic heterocycles. The number of halogens is 1. The summed E-state index contributed by atoms with van der Waals surface area (Å²) in [6.07, 6.45) is 0. The summed E-state index contributed by atoms with van der Waals surface area (Å²) in [6.45, 7) is 0. The fourth-order valence-corrected chi connectivity index (χ4v) is 3.36. The van der Waals surface area contributed by atoms with Crippen molar-refractivity contribution in [1.29, 1.82) is 0 Å². The third-order valence-corrected chi connectivity index (χ3v) is 4.41. The number of aromatic nitrogens is 2. The van der Waals surface area contributed by atoms with Gasteiger partial charge in [0.25, 0.3) is 0 Å². The minimum Gasteiger partial charge on any atom is -0.306 e. The molecule has 0 fully saturated rings. The maximum Gasteiger partial charge on any atom is 0.123 e. The largest absolute Gasteiger partial charge is 0.306 e. The van der Waals surface area contributed by atoms with Crippen molar-refractivity contribution in [2.45, 2.75) is 0 Å². The Bertz CT molecular complexity index is 1220. The molecule has 2 nitrogen and oxygen atoms in total. The molecule has 0 aliphatic rings. The van der Waals surface area contributed by atoms with Crippen LogP contribution < -0.4 is 0 Å². The molecule has 5 rings (SSSR count). The first-order valence-corrected chi connectivity index (χ1v) is 7.86. The first-order valence-electron chi connectivity index (χ1n) is 7.86. The highest BCUT2D eigenvalue weighted by Crippen LogP contribution is 2.32. The second kappa shape index (κ2) is 4.90. The molecule has 2 heterocycles. The van der Waals surface area contributed by atoms with Crippen molar-refractivity contribution in [3.05, 3.63) is 84.7 Å². The Balaban J connectivity index is 2.03. The molecule has 3 aromatic carbocycles. The second-order valence-corrected chi connectivity index (χ2v) is 5.88. The fourth-order valence-electron chi connectivity index (χ4n) is 3.36. The number of nitrogens with zero attached hydrogens (tertiary/aromatic N) is 2. The summed E-state index contributed by atoms with van der Waals surface area (Å²) in [6, 6.07) is 25.0. The normalized spacial score (nSPS) is 11.5. The molecule has 0 atom stereocenters. The smallest absolute Gasteiger partial charge is 0.123 e. The Kier molecular flexibility index (Phi) is 2.71. The molecule has 0 unspecified atom stereocenters. The monoisotopic (exact) mass is 312 g/mol. The van der Waals surface area contributed by atoms with E-state index in [2.05, 4.69) is 28.7 Å². The highest BCUT2D eigenvalue weighted by molar-refractivity contribution is 5.98. The van der Waals surface area contributed by atoms with Crippen molar-refractivity contribution in [1.82, 2.24) is 9.38 Å². The van der Waals surface area contributed by atoms with Gasteiger partial charge in [-0.25, -0.2) is 9.37 Å². The van der Waals surface area contributed by atoms with Crippen molar-refractivity contribution >= 4 is 27.5 Å². The minimum absolute atomic E-state index is 0.253. The Morgan fingerprint density at radius 2 is 1.50 bits per heavy atom. The Labute approximate surface area is 137 Å². The van der Waals surface area contributed by atoms with Gasteiger partial charge in [-0.1, -0.05) is 42.5 Å². The van der Waals surface area contributed by atoms with Gasteiger partial charge in [0.2, 0.25) is 0 Å². The first kappa shape index (κ1) is 13.3. The van der Waals surface area contributed by atoms with Crippen LogP contribution in [0.2, 0.25) is 0 Å². The summed E-state index contributed by atoms with van der Waals surface area (Å²) in [4.78, 5) is 4.82. The van der Waals surface area contributed by atoms with Crippen molar-refractivity contribution in [3.63, 3.8) is 0 Å². The van der Waals surface area contributed by atoms with Crippen molar-refractivity contribution in [3.8, 4) is 11.3 Å². The highest BCUT2D eigenvalue weighted by Gasteiger charge is 2.13. The third-order valence-electron chi connectivity index (χ3n) is 4.41. The van der Waals surface area contributed by atoms with Gasteiger partial charge in [0.15, 0.2) is 0 Å². The number of hydrogen-bond acceptors (Lipinski definition) is 1. The number of rotatable bonds is 1.